The fourth-order valence-electron chi connectivity index (χ4n) is 0.661. The van der Waals surface area contributed by atoms with Gasteiger partial charge in [0, 0.05) is 0 Å². The van der Waals surface area contributed by atoms with Gasteiger partial charge in [0.2, 0.25) is 6.29 Å². The predicted molar refractivity (Wildman–Crippen MR) is 27.8 cm³/mol. The molecule has 0 aromatic heterocycles. The second kappa shape index (κ2) is 2.79. The molecule has 0 aliphatic carbocycles. The first-order valence-electron chi connectivity index (χ1n) is 2.68. The zero-order valence-electron chi connectivity index (χ0n) is 4.52. The largest absolute Gasteiger partial charge is 0.301 e. The summed E-state index contributed by atoms with van der Waals surface area (Å²) in [5.41, 5.74) is 2.55. The Bertz CT molecular complexity index is 78.5. The Morgan fingerprint density at radius 1 is 1.75 bits per heavy atom. The molecule has 1 heterocycles. The van der Waals surface area contributed by atoms with Crippen molar-refractivity contribution in [3.8, 4) is 0 Å². The molecule has 1 N–H and O–H groups in total. The zero-order chi connectivity index (χ0) is 5.82. The predicted octanol–water partition coefficient (Wildman–Crippen LogP) is -0.220. The highest BCUT2D eigenvalue weighted by atomic mass is 16.6. The molecule has 45 valence electrons. The van der Waals surface area contributed by atoms with Crippen molar-refractivity contribution in [2.75, 3.05) is 6.61 Å². The molecule has 1 atom stereocenters. The molecule has 1 fully saturated rings. The van der Waals surface area contributed by atoms with Gasteiger partial charge in [0.25, 0.3) is 0 Å². The van der Waals surface area contributed by atoms with Crippen molar-refractivity contribution < 1.29 is 9.63 Å². The average Bonchev–Trinajstić information content (AvgIpc) is 1.90. The molecule has 1 radical (unpaired) electrons. The maximum Gasteiger partial charge on any atom is 0.219 e. The van der Waals surface area contributed by atoms with Crippen molar-refractivity contribution in [2.45, 2.75) is 18.9 Å². The smallest absolute Gasteiger partial charge is 0.219 e. The van der Waals surface area contributed by atoms with Crippen LogP contribution in [0.25, 0.3) is 0 Å². The van der Waals surface area contributed by atoms with Crippen LogP contribution >= 0.6 is 0 Å². The van der Waals surface area contributed by atoms with Crippen LogP contribution in [0.3, 0.4) is 0 Å². The Labute approximate surface area is 48.0 Å². The molecule has 3 heteroatoms. The molecule has 1 rings (SSSR count). The summed E-state index contributed by atoms with van der Waals surface area (Å²) in [6.07, 6.45) is 3.62. The van der Waals surface area contributed by atoms with Crippen LogP contribution in [0.1, 0.15) is 12.8 Å². The zero-order valence-corrected chi connectivity index (χ0v) is 4.52. The lowest BCUT2D eigenvalue weighted by atomic mass is 10.2. The van der Waals surface area contributed by atoms with Crippen LogP contribution in [0, 0.1) is 0 Å². The van der Waals surface area contributed by atoms with Crippen molar-refractivity contribution in [3.63, 3.8) is 0 Å². The van der Waals surface area contributed by atoms with Crippen LogP contribution in [0.4, 0.5) is 0 Å². The van der Waals surface area contributed by atoms with Crippen LogP contribution in [0.5, 0.6) is 0 Å². The Morgan fingerprint density at radius 3 is 3.00 bits per heavy atom. The Kier molecular flexibility index (Phi) is 2.00. The van der Waals surface area contributed by atoms with E-state index in [-0.39, 0.29) is 6.04 Å². The van der Waals surface area contributed by atoms with E-state index in [4.69, 9.17) is 4.84 Å². The van der Waals surface area contributed by atoms with Gasteiger partial charge in [0.15, 0.2) is 0 Å². The Hall–Kier alpha value is -0.410. The standard InChI is InChI=1S/C5H8NO2/c7-4-5-2-1-3-8-6-5/h5-6H,1-3H2. The molecule has 1 unspecified atom stereocenters. The van der Waals surface area contributed by atoms with Crippen molar-refractivity contribution in [3.05, 3.63) is 0 Å². The lowest BCUT2D eigenvalue weighted by Crippen LogP contribution is -2.35. The quantitative estimate of drug-likeness (QED) is 0.512. The first-order chi connectivity index (χ1) is 3.93. The van der Waals surface area contributed by atoms with Crippen molar-refractivity contribution in [1.82, 2.24) is 5.48 Å². The van der Waals surface area contributed by atoms with Crippen LogP contribution in [-0.4, -0.2) is 18.9 Å². The maximum atomic E-state index is 9.89. The summed E-state index contributed by atoms with van der Waals surface area (Å²) < 4.78 is 0. The van der Waals surface area contributed by atoms with Crippen LogP contribution < -0.4 is 5.48 Å². The summed E-state index contributed by atoms with van der Waals surface area (Å²) in [5.74, 6) is 0. The summed E-state index contributed by atoms with van der Waals surface area (Å²) in [5, 5.41) is 0. The Balaban J connectivity index is 2.22. The molecule has 1 saturated heterocycles. The van der Waals surface area contributed by atoms with Gasteiger partial charge >= 0.3 is 0 Å². The monoisotopic (exact) mass is 114 g/mol. The molecule has 0 amide bonds. The van der Waals surface area contributed by atoms with E-state index < -0.39 is 0 Å². The molecule has 1 aliphatic rings. The van der Waals surface area contributed by atoms with E-state index in [1.54, 1.807) is 0 Å². The first kappa shape index (κ1) is 5.72. The van der Waals surface area contributed by atoms with Gasteiger partial charge < -0.3 is 4.84 Å². The van der Waals surface area contributed by atoms with Gasteiger partial charge in [0.1, 0.15) is 0 Å². The number of rotatable bonds is 1. The van der Waals surface area contributed by atoms with E-state index >= 15 is 0 Å². The van der Waals surface area contributed by atoms with E-state index in [0.29, 0.717) is 6.61 Å². The topological polar surface area (TPSA) is 38.3 Å². The van der Waals surface area contributed by atoms with E-state index in [2.05, 4.69) is 5.48 Å². The first-order valence-corrected chi connectivity index (χ1v) is 2.68. The third-order valence-electron chi connectivity index (χ3n) is 1.11. The van der Waals surface area contributed by atoms with E-state index in [1.807, 2.05) is 6.29 Å². The second-order valence-electron chi connectivity index (χ2n) is 1.78. The highest BCUT2D eigenvalue weighted by Crippen LogP contribution is 1.99. The molecule has 1 aliphatic heterocycles. The number of hydrogen-bond donors (Lipinski definition) is 1. The SMILES string of the molecule is O=[C]C1CCCON1. The third kappa shape index (κ3) is 1.28. The molecule has 0 spiro atoms. The van der Waals surface area contributed by atoms with Gasteiger partial charge in [-0.05, 0) is 12.8 Å². The van der Waals surface area contributed by atoms with E-state index in [9.17, 15) is 4.79 Å². The van der Waals surface area contributed by atoms with E-state index in [0.717, 1.165) is 12.8 Å². The third-order valence-corrected chi connectivity index (χ3v) is 1.11. The van der Waals surface area contributed by atoms with Gasteiger partial charge in [-0.3, -0.25) is 4.79 Å². The van der Waals surface area contributed by atoms with Crippen LogP contribution in [0.15, 0.2) is 0 Å². The summed E-state index contributed by atoms with van der Waals surface area (Å²) in [6.45, 7) is 0.707. The molecule has 0 bridgehead atoms. The minimum Gasteiger partial charge on any atom is -0.301 e. The number of nitrogens with one attached hydrogen (secondary N) is 1. The molecule has 0 saturated carbocycles. The summed E-state index contributed by atoms with van der Waals surface area (Å²) in [7, 11) is 0. The summed E-state index contributed by atoms with van der Waals surface area (Å²) in [4.78, 5) is 14.7. The number of hydroxylamine groups is 1. The normalized spacial score (nSPS) is 29.8. The van der Waals surface area contributed by atoms with E-state index in [1.165, 1.54) is 0 Å². The van der Waals surface area contributed by atoms with Gasteiger partial charge in [-0.25, -0.2) is 0 Å². The Morgan fingerprint density at radius 2 is 2.62 bits per heavy atom. The maximum absolute atomic E-state index is 9.89. The fourth-order valence-corrected chi connectivity index (χ4v) is 0.661. The average molecular weight is 114 g/mol. The van der Waals surface area contributed by atoms with Gasteiger partial charge in [0.05, 0.1) is 12.6 Å². The van der Waals surface area contributed by atoms with Crippen molar-refractivity contribution in [1.29, 1.82) is 0 Å². The molecule has 8 heavy (non-hydrogen) atoms. The van der Waals surface area contributed by atoms with Gasteiger partial charge in [-0.1, -0.05) is 0 Å². The molecule has 3 nitrogen and oxygen atoms in total. The highest BCUT2D eigenvalue weighted by molar-refractivity contribution is 5.58. The van der Waals surface area contributed by atoms with Crippen LogP contribution in [0.2, 0.25) is 0 Å². The molecule has 0 aromatic carbocycles. The molecular formula is C5H8NO2. The van der Waals surface area contributed by atoms with Crippen LogP contribution in [-0.2, 0) is 9.63 Å². The molecular weight excluding hydrogens is 106 g/mol. The molecule has 0 aromatic rings. The number of hydrogen-bond acceptors (Lipinski definition) is 3. The lowest BCUT2D eigenvalue weighted by Gasteiger charge is -2.16. The van der Waals surface area contributed by atoms with Crippen molar-refractivity contribution in [2.24, 2.45) is 0 Å². The lowest BCUT2D eigenvalue weighted by molar-refractivity contribution is -0.00207. The number of carbonyl (C=O) groups excluding carboxylic acids is 1. The summed E-state index contributed by atoms with van der Waals surface area (Å²) in [6, 6.07) is -0.191. The van der Waals surface area contributed by atoms with Gasteiger partial charge in [-0.2, -0.15) is 5.48 Å². The minimum atomic E-state index is -0.191. The highest BCUT2D eigenvalue weighted by Gasteiger charge is 2.11. The van der Waals surface area contributed by atoms with Gasteiger partial charge in [-0.15, -0.1) is 0 Å². The second-order valence-corrected chi connectivity index (χ2v) is 1.78. The fraction of sp³-hybridized carbons (Fsp3) is 0.800. The minimum absolute atomic E-state index is 0.191. The van der Waals surface area contributed by atoms with Crippen molar-refractivity contribution >= 4 is 6.29 Å². The summed E-state index contributed by atoms with van der Waals surface area (Å²) >= 11 is 0.